The maximum absolute atomic E-state index is 10.3. The molecule has 0 fully saturated rings. The molecule has 0 bridgehead atoms. The fourth-order valence-corrected chi connectivity index (χ4v) is 1.53. The standard InChI is InChI=1S/C12H20N2O/c1-9(2)14-8-12(4,15)11-7-13-6-5-10(11)3/h5-7,9,14-15H,8H2,1-4H3. The van der Waals surface area contributed by atoms with E-state index in [1.807, 2.05) is 19.9 Å². The molecule has 0 aliphatic heterocycles. The van der Waals surface area contributed by atoms with E-state index >= 15 is 0 Å². The van der Waals surface area contributed by atoms with Crippen LogP contribution < -0.4 is 5.32 Å². The van der Waals surface area contributed by atoms with E-state index in [1.54, 1.807) is 12.4 Å². The molecule has 1 rings (SSSR count). The smallest absolute Gasteiger partial charge is 0.101 e. The molecule has 1 unspecified atom stereocenters. The first kappa shape index (κ1) is 12.1. The lowest BCUT2D eigenvalue weighted by Crippen LogP contribution is -2.39. The monoisotopic (exact) mass is 208 g/mol. The lowest BCUT2D eigenvalue weighted by molar-refractivity contribution is 0.0540. The molecule has 2 N–H and O–H groups in total. The van der Waals surface area contributed by atoms with E-state index in [0.29, 0.717) is 12.6 Å². The molecule has 84 valence electrons. The molecule has 0 saturated heterocycles. The topological polar surface area (TPSA) is 45.2 Å². The number of hydrogen-bond donors (Lipinski definition) is 2. The highest BCUT2D eigenvalue weighted by Gasteiger charge is 2.24. The molecule has 1 heterocycles. The summed E-state index contributed by atoms with van der Waals surface area (Å²) < 4.78 is 0. The van der Waals surface area contributed by atoms with E-state index in [-0.39, 0.29) is 0 Å². The van der Waals surface area contributed by atoms with Gasteiger partial charge in [-0.3, -0.25) is 4.98 Å². The van der Waals surface area contributed by atoms with Crippen molar-refractivity contribution in [1.82, 2.24) is 10.3 Å². The van der Waals surface area contributed by atoms with Crippen LogP contribution in [0.15, 0.2) is 18.5 Å². The molecule has 1 aromatic rings. The molecular formula is C12H20N2O. The third-order valence-corrected chi connectivity index (χ3v) is 2.47. The maximum Gasteiger partial charge on any atom is 0.101 e. The van der Waals surface area contributed by atoms with E-state index in [4.69, 9.17) is 0 Å². The molecule has 0 spiro atoms. The highest BCUT2D eigenvalue weighted by Crippen LogP contribution is 2.22. The van der Waals surface area contributed by atoms with Crippen molar-refractivity contribution in [1.29, 1.82) is 0 Å². The zero-order chi connectivity index (χ0) is 11.5. The molecule has 1 aromatic heterocycles. The van der Waals surface area contributed by atoms with Crippen molar-refractivity contribution < 1.29 is 5.11 Å². The van der Waals surface area contributed by atoms with Gasteiger partial charge in [0.2, 0.25) is 0 Å². The molecule has 3 heteroatoms. The Bertz CT molecular complexity index is 321. The molecule has 0 saturated carbocycles. The highest BCUT2D eigenvalue weighted by atomic mass is 16.3. The summed E-state index contributed by atoms with van der Waals surface area (Å²) in [6, 6.07) is 2.28. The molecule has 0 aliphatic carbocycles. The number of aromatic nitrogens is 1. The van der Waals surface area contributed by atoms with Gasteiger partial charge in [-0.15, -0.1) is 0 Å². The third kappa shape index (κ3) is 3.29. The van der Waals surface area contributed by atoms with E-state index < -0.39 is 5.60 Å². The number of aliphatic hydroxyl groups is 1. The van der Waals surface area contributed by atoms with E-state index in [9.17, 15) is 5.11 Å². The van der Waals surface area contributed by atoms with E-state index in [1.165, 1.54) is 0 Å². The third-order valence-electron chi connectivity index (χ3n) is 2.47. The summed E-state index contributed by atoms with van der Waals surface area (Å²) in [7, 11) is 0. The van der Waals surface area contributed by atoms with Crippen molar-refractivity contribution in [3.63, 3.8) is 0 Å². The van der Waals surface area contributed by atoms with E-state index in [2.05, 4.69) is 24.1 Å². The Morgan fingerprint density at radius 1 is 1.53 bits per heavy atom. The minimum atomic E-state index is -0.859. The second-order valence-electron chi connectivity index (χ2n) is 4.50. The van der Waals surface area contributed by atoms with Crippen LogP contribution in [0.5, 0.6) is 0 Å². The van der Waals surface area contributed by atoms with Crippen LogP contribution in [0.4, 0.5) is 0 Å². The molecule has 0 amide bonds. The van der Waals surface area contributed by atoms with Gasteiger partial charge in [0.25, 0.3) is 0 Å². The minimum absolute atomic E-state index is 0.369. The Hall–Kier alpha value is -0.930. The van der Waals surface area contributed by atoms with Crippen molar-refractivity contribution in [2.45, 2.75) is 39.3 Å². The van der Waals surface area contributed by atoms with Crippen LogP contribution in [0.3, 0.4) is 0 Å². The Balaban J connectivity index is 2.81. The number of hydrogen-bond acceptors (Lipinski definition) is 3. The van der Waals surface area contributed by atoms with Gasteiger partial charge in [0.1, 0.15) is 5.60 Å². The SMILES string of the molecule is Cc1ccncc1C(C)(O)CNC(C)C. The van der Waals surface area contributed by atoms with Crippen LogP contribution >= 0.6 is 0 Å². The second-order valence-corrected chi connectivity index (χ2v) is 4.50. The van der Waals surface area contributed by atoms with Gasteiger partial charge in [-0.1, -0.05) is 13.8 Å². The second kappa shape index (κ2) is 4.73. The van der Waals surface area contributed by atoms with Crippen molar-refractivity contribution in [3.8, 4) is 0 Å². The summed E-state index contributed by atoms with van der Waals surface area (Å²) >= 11 is 0. The predicted molar refractivity (Wildman–Crippen MR) is 61.7 cm³/mol. The average Bonchev–Trinajstić information content (AvgIpc) is 2.15. The lowest BCUT2D eigenvalue weighted by Gasteiger charge is -2.26. The fraction of sp³-hybridized carbons (Fsp3) is 0.583. The van der Waals surface area contributed by atoms with Gasteiger partial charge in [0, 0.05) is 30.5 Å². The largest absolute Gasteiger partial charge is 0.384 e. The van der Waals surface area contributed by atoms with Gasteiger partial charge >= 0.3 is 0 Å². The Kier molecular flexibility index (Phi) is 3.83. The molecule has 0 aromatic carbocycles. The van der Waals surface area contributed by atoms with Crippen LogP contribution in [0.2, 0.25) is 0 Å². The number of nitrogens with zero attached hydrogens (tertiary/aromatic N) is 1. The molecule has 3 nitrogen and oxygen atoms in total. The quantitative estimate of drug-likeness (QED) is 0.790. The zero-order valence-electron chi connectivity index (χ0n) is 9.91. The van der Waals surface area contributed by atoms with Crippen LogP contribution in [0.1, 0.15) is 31.9 Å². The van der Waals surface area contributed by atoms with Gasteiger partial charge in [-0.2, -0.15) is 0 Å². The molecule has 0 aliphatic rings. The maximum atomic E-state index is 10.3. The summed E-state index contributed by atoms with van der Waals surface area (Å²) in [4.78, 5) is 4.05. The average molecular weight is 208 g/mol. The number of aryl methyl sites for hydroxylation is 1. The van der Waals surface area contributed by atoms with Crippen molar-refractivity contribution >= 4 is 0 Å². The minimum Gasteiger partial charge on any atom is -0.384 e. The number of rotatable bonds is 4. The van der Waals surface area contributed by atoms with Crippen LogP contribution in [0.25, 0.3) is 0 Å². The Morgan fingerprint density at radius 2 is 2.20 bits per heavy atom. The van der Waals surface area contributed by atoms with Crippen LogP contribution in [-0.2, 0) is 5.60 Å². The molecule has 1 atom stereocenters. The van der Waals surface area contributed by atoms with Gasteiger partial charge in [0.05, 0.1) is 0 Å². The zero-order valence-corrected chi connectivity index (χ0v) is 9.91. The van der Waals surface area contributed by atoms with Crippen molar-refractivity contribution in [2.24, 2.45) is 0 Å². The molecule has 15 heavy (non-hydrogen) atoms. The van der Waals surface area contributed by atoms with Crippen molar-refractivity contribution in [2.75, 3.05) is 6.54 Å². The van der Waals surface area contributed by atoms with Crippen LogP contribution in [-0.4, -0.2) is 22.7 Å². The fourth-order valence-electron chi connectivity index (χ4n) is 1.53. The van der Waals surface area contributed by atoms with Crippen molar-refractivity contribution in [3.05, 3.63) is 29.6 Å². The van der Waals surface area contributed by atoms with E-state index in [0.717, 1.165) is 11.1 Å². The van der Waals surface area contributed by atoms with Crippen LogP contribution in [0, 0.1) is 6.92 Å². The summed E-state index contributed by atoms with van der Waals surface area (Å²) in [5.74, 6) is 0. The lowest BCUT2D eigenvalue weighted by atomic mass is 9.93. The molecular weight excluding hydrogens is 188 g/mol. The normalized spacial score (nSPS) is 15.3. The summed E-state index contributed by atoms with van der Waals surface area (Å²) in [6.45, 7) is 8.46. The first-order valence-corrected chi connectivity index (χ1v) is 5.30. The number of pyridine rings is 1. The summed E-state index contributed by atoms with van der Waals surface area (Å²) in [5, 5.41) is 13.5. The van der Waals surface area contributed by atoms with Gasteiger partial charge in [-0.05, 0) is 25.5 Å². The first-order chi connectivity index (χ1) is 6.93. The Morgan fingerprint density at radius 3 is 2.73 bits per heavy atom. The summed E-state index contributed by atoms with van der Waals surface area (Å²) in [5.41, 5.74) is 1.10. The number of nitrogens with one attached hydrogen (secondary N) is 1. The predicted octanol–water partition coefficient (Wildman–Crippen LogP) is 1.60. The molecule has 0 radical (unpaired) electrons. The highest BCUT2D eigenvalue weighted by molar-refractivity contribution is 5.27. The van der Waals surface area contributed by atoms with Gasteiger partial charge < -0.3 is 10.4 Å². The summed E-state index contributed by atoms with van der Waals surface area (Å²) in [6.07, 6.45) is 3.47. The van der Waals surface area contributed by atoms with Gasteiger partial charge in [0.15, 0.2) is 0 Å². The van der Waals surface area contributed by atoms with Gasteiger partial charge in [-0.25, -0.2) is 0 Å². The first-order valence-electron chi connectivity index (χ1n) is 5.30. The Labute approximate surface area is 91.5 Å².